The van der Waals surface area contributed by atoms with Gasteiger partial charge in [-0.2, -0.15) is 30.0 Å². The monoisotopic (exact) mass is 425 g/mol. The molecule has 0 radical (unpaired) electrons. The molecular weight excluding hydrogens is 411 g/mol. The maximum atomic E-state index is 13.2. The zero-order chi connectivity index (χ0) is 20.1. The fourth-order valence-corrected chi connectivity index (χ4v) is 3.97. The molecule has 3 aromatic rings. The largest absolute Gasteiger partial charge is 0.493 e. The van der Waals surface area contributed by atoms with E-state index in [-0.39, 0.29) is 23.0 Å². The molecule has 0 atom stereocenters. The van der Waals surface area contributed by atoms with Crippen LogP contribution < -0.4 is 0 Å². The highest BCUT2D eigenvalue weighted by Gasteiger charge is 2.33. The summed E-state index contributed by atoms with van der Waals surface area (Å²) < 4.78 is 41.2. The van der Waals surface area contributed by atoms with Crippen LogP contribution in [0, 0.1) is 6.92 Å². The van der Waals surface area contributed by atoms with E-state index < -0.39 is 11.7 Å². The van der Waals surface area contributed by atoms with Crippen molar-refractivity contribution >= 4 is 45.6 Å². The van der Waals surface area contributed by atoms with Gasteiger partial charge in [0.05, 0.1) is 22.8 Å². The Morgan fingerprint density at radius 2 is 1.89 bits per heavy atom. The van der Waals surface area contributed by atoms with Gasteiger partial charge in [-0.3, -0.25) is 0 Å². The lowest BCUT2D eigenvalue weighted by atomic mass is 10.1. The summed E-state index contributed by atoms with van der Waals surface area (Å²) in [5.74, 6) is 1.38. The van der Waals surface area contributed by atoms with Crippen molar-refractivity contribution in [3.63, 3.8) is 0 Å². The van der Waals surface area contributed by atoms with Crippen LogP contribution in [0.1, 0.15) is 17.2 Å². The molecule has 146 valence electrons. The van der Waals surface area contributed by atoms with Gasteiger partial charge in [0.1, 0.15) is 0 Å². The SMILES string of the molecule is Cc1ccc(N=Nc2c(O)n(C3CSC3)c3ccc(C(F)(F)F)cc23)cc1Cl. The molecule has 9 heteroatoms. The van der Waals surface area contributed by atoms with Crippen molar-refractivity contribution < 1.29 is 18.3 Å². The Morgan fingerprint density at radius 3 is 2.50 bits per heavy atom. The fourth-order valence-electron chi connectivity index (χ4n) is 3.05. The van der Waals surface area contributed by atoms with E-state index >= 15 is 0 Å². The van der Waals surface area contributed by atoms with Crippen molar-refractivity contribution in [3.8, 4) is 5.88 Å². The summed E-state index contributed by atoms with van der Waals surface area (Å²) >= 11 is 7.79. The third-order valence-corrected chi connectivity index (χ3v) is 6.33. The summed E-state index contributed by atoms with van der Waals surface area (Å²) in [7, 11) is 0. The molecule has 1 aliphatic heterocycles. The highest BCUT2D eigenvalue weighted by molar-refractivity contribution is 8.00. The lowest BCUT2D eigenvalue weighted by Gasteiger charge is -2.27. The summed E-state index contributed by atoms with van der Waals surface area (Å²) in [4.78, 5) is 0. The average Bonchev–Trinajstić information content (AvgIpc) is 2.85. The molecule has 1 fully saturated rings. The molecule has 1 saturated heterocycles. The van der Waals surface area contributed by atoms with Gasteiger partial charge >= 0.3 is 6.18 Å². The number of thioether (sulfide) groups is 1. The van der Waals surface area contributed by atoms with Crippen molar-refractivity contribution in [1.82, 2.24) is 4.57 Å². The zero-order valence-corrected chi connectivity index (χ0v) is 16.2. The molecule has 0 aliphatic carbocycles. The maximum Gasteiger partial charge on any atom is 0.416 e. The Kier molecular flexibility index (Phi) is 4.79. The number of nitrogens with zero attached hydrogens (tertiary/aromatic N) is 3. The van der Waals surface area contributed by atoms with Crippen molar-refractivity contribution in [2.24, 2.45) is 10.2 Å². The summed E-state index contributed by atoms with van der Waals surface area (Å²) in [6.45, 7) is 1.85. The van der Waals surface area contributed by atoms with E-state index in [9.17, 15) is 18.3 Å². The lowest BCUT2D eigenvalue weighted by molar-refractivity contribution is -0.137. The Morgan fingerprint density at radius 1 is 1.14 bits per heavy atom. The van der Waals surface area contributed by atoms with Crippen LogP contribution in [-0.2, 0) is 6.18 Å². The van der Waals surface area contributed by atoms with Crippen LogP contribution in [0.4, 0.5) is 24.5 Å². The van der Waals surface area contributed by atoms with Gasteiger partial charge in [-0.25, -0.2) is 0 Å². The number of halogens is 4. The van der Waals surface area contributed by atoms with Gasteiger partial charge < -0.3 is 9.67 Å². The minimum absolute atomic E-state index is 0.0157. The lowest BCUT2D eigenvalue weighted by Crippen LogP contribution is -2.22. The maximum absolute atomic E-state index is 13.2. The zero-order valence-electron chi connectivity index (χ0n) is 14.7. The number of hydrogen-bond acceptors (Lipinski definition) is 4. The predicted molar refractivity (Wildman–Crippen MR) is 105 cm³/mol. The average molecular weight is 426 g/mol. The molecule has 0 bridgehead atoms. The number of aromatic nitrogens is 1. The molecule has 0 amide bonds. The second-order valence-corrected chi connectivity index (χ2v) is 8.08. The van der Waals surface area contributed by atoms with Gasteiger partial charge in [0, 0.05) is 21.9 Å². The Balaban J connectivity index is 1.86. The van der Waals surface area contributed by atoms with Crippen LogP contribution >= 0.6 is 23.4 Å². The first-order valence-corrected chi connectivity index (χ1v) is 9.98. The molecule has 2 heterocycles. The van der Waals surface area contributed by atoms with Crippen LogP contribution in [0.5, 0.6) is 5.88 Å². The molecule has 28 heavy (non-hydrogen) atoms. The summed E-state index contributed by atoms with van der Waals surface area (Å²) in [6, 6.07) is 8.50. The van der Waals surface area contributed by atoms with E-state index in [2.05, 4.69) is 10.2 Å². The number of fused-ring (bicyclic) bond motifs is 1. The summed E-state index contributed by atoms with van der Waals surface area (Å²) in [6.07, 6.45) is -4.49. The Labute approximate surface area is 168 Å². The quantitative estimate of drug-likeness (QED) is 0.458. The predicted octanol–water partition coefficient (Wildman–Crippen LogP) is 7.03. The number of azo groups is 1. The fraction of sp³-hybridized carbons (Fsp3) is 0.263. The van der Waals surface area contributed by atoms with Crippen LogP contribution in [0.25, 0.3) is 10.9 Å². The number of alkyl halides is 3. The van der Waals surface area contributed by atoms with Crippen LogP contribution in [0.3, 0.4) is 0 Å². The molecule has 0 unspecified atom stereocenters. The summed E-state index contributed by atoms with van der Waals surface area (Å²) in [5, 5.41) is 19.6. The normalized spacial score (nSPS) is 15.5. The third-order valence-electron chi connectivity index (χ3n) is 4.69. The second-order valence-electron chi connectivity index (χ2n) is 6.60. The van der Waals surface area contributed by atoms with Crippen LogP contribution in [0.15, 0.2) is 46.6 Å². The van der Waals surface area contributed by atoms with E-state index in [0.717, 1.165) is 29.2 Å². The van der Waals surface area contributed by atoms with Crippen molar-refractivity contribution in [3.05, 3.63) is 52.5 Å². The second kappa shape index (κ2) is 7.00. The molecule has 0 spiro atoms. The van der Waals surface area contributed by atoms with Crippen molar-refractivity contribution in [2.75, 3.05) is 11.5 Å². The molecule has 0 saturated carbocycles. The van der Waals surface area contributed by atoms with E-state index in [0.29, 0.717) is 16.2 Å². The van der Waals surface area contributed by atoms with Gasteiger partial charge in [0.25, 0.3) is 0 Å². The van der Waals surface area contributed by atoms with E-state index in [1.54, 1.807) is 34.5 Å². The van der Waals surface area contributed by atoms with Gasteiger partial charge in [0.2, 0.25) is 5.88 Å². The van der Waals surface area contributed by atoms with Crippen molar-refractivity contribution in [2.45, 2.75) is 19.1 Å². The topological polar surface area (TPSA) is 49.9 Å². The first-order chi connectivity index (χ1) is 13.3. The number of rotatable bonds is 3. The number of aryl methyl sites for hydroxylation is 1. The molecule has 2 aromatic carbocycles. The molecule has 4 rings (SSSR count). The standard InChI is InChI=1S/C19H15ClF3N3OS/c1-10-2-4-12(7-15(10)20)24-25-17-14-6-11(19(21,22)23)3-5-16(14)26(18(17)27)13-8-28-9-13/h2-7,13,27H,8-9H2,1H3. The number of hydrogen-bond donors (Lipinski definition) is 1. The summed E-state index contributed by atoms with van der Waals surface area (Å²) in [5.41, 5.74) is 1.05. The van der Waals surface area contributed by atoms with Crippen LogP contribution in [-0.4, -0.2) is 21.2 Å². The molecular formula is C19H15ClF3N3OS. The smallest absolute Gasteiger partial charge is 0.416 e. The highest BCUT2D eigenvalue weighted by Crippen LogP contribution is 2.46. The van der Waals surface area contributed by atoms with E-state index in [1.165, 1.54) is 6.07 Å². The first-order valence-electron chi connectivity index (χ1n) is 8.45. The van der Waals surface area contributed by atoms with Gasteiger partial charge in [-0.05, 0) is 42.8 Å². The minimum Gasteiger partial charge on any atom is -0.493 e. The van der Waals surface area contributed by atoms with Gasteiger partial charge in [0.15, 0.2) is 5.69 Å². The van der Waals surface area contributed by atoms with E-state index in [1.807, 2.05) is 6.92 Å². The van der Waals surface area contributed by atoms with Gasteiger partial charge in [-0.15, -0.1) is 5.11 Å². The van der Waals surface area contributed by atoms with Crippen molar-refractivity contribution in [1.29, 1.82) is 0 Å². The van der Waals surface area contributed by atoms with E-state index in [4.69, 9.17) is 11.6 Å². The highest BCUT2D eigenvalue weighted by atomic mass is 35.5. The number of benzene rings is 2. The molecule has 1 N–H and O–H groups in total. The van der Waals surface area contributed by atoms with Gasteiger partial charge in [-0.1, -0.05) is 17.7 Å². The minimum atomic E-state index is -4.49. The number of aromatic hydroxyl groups is 1. The Bertz CT molecular complexity index is 1090. The third kappa shape index (κ3) is 3.35. The molecule has 1 aliphatic rings. The Hall–Kier alpha value is -2.19. The molecule has 1 aromatic heterocycles. The first kappa shape index (κ1) is 19.1. The molecule has 4 nitrogen and oxygen atoms in total. The van der Waals surface area contributed by atoms with Crippen LogP contribution in [0.2, 0.25) is 5.02 Å².